The molecule has 1 aromatic carbocycles. The van der Waals surface area contributed by atoms with Crippen LogP contribution in [0.25, 0.3) is 0 Å². The topological polar surface area (TPSA) is 47.6 Å². The lowest BCUT2D eigenvalue weighted by molar-refractivity contribution is -0.131. The van der Waals surface area contributed by atoms with Crippen LogP contribution in [0, 0.1) is 5.92 Å². The summed E-state index contributed by atoms with van der Waals surface area (Å²) in [5, 5.41) is 3.40. The van der Waals surface area contributed by atoms with Crippen molar-refractivity contribution in [3.8, 4) is 11.5 Å². The second kappa shape index (κ2) is 6.57. The molecule has 2 unspecified atom stereocenters. The van der Waals surface area contributed by atoms with Gasteiger partial charge >= 0.3 is 5.97 Å². The van der Waals surface area contributed by atoms with E-state index in [0.29, 0.717) is 11.7 Å². The average molecular weight is 263 g/mol. The molecule has 1 heterocycles. The molecule has 1 saturated heterocycles. The Kier molecular flexibility index (Phi) is 4.80. The Balaban J connectivity index is 2.03. The monoisotopic (exact) mass is 263 g/mol. The molecule has 1 aliphatic rings. The second-order valence-corrected chi connectivity index (χ2v) is 5.05. The van der Waals surface area contributed by atoms with Gasteiger partial charge in [0.05, 0.1) is 0 Å². The normalized spacial score (nSPS) is 23.5. The molecule has 0 aromatic heterocycles. The van der Waals surface area contributed by atoms with Crippen molar-refractivity contribution >= 4 is 5.97 Å². The highest BCUT2D eigenvalue weighted by Gasteiger charge is 2.21. The second-order valence-electron chi connectivity index (χ2n) is 5.05. The van der Waals surface area contributed by atoms with E-state index in [4.69, 9.17) is 9.47 Å². The number of carbonyl (C=O) groups is 1. The first-order chi connectivity index (χ1) is 9.15. The Bertz CT molecular complexity index is 433. The maximum Gasteiger partial charge on any atom is 0.308 e. The summed E-state index contributed by atoms with van der Waals surface area (Å²) in [6.45, 7) is 5.62. The molecule has 0 aliphatic carbocycles. The highest BCUT2D eigenvalue weighted by atomic mass is 16.5. The zero-order valence-corrected chi connectivity index (χ0v) is 11.5. The van der Waals surface area contributed by atoms with E-state index in [1.165, 1.54) is 6.92 Å². The lowest BCUT2D eigenvalue weighted by Crippen LogP contribution is -2.29. The SMILES string of the molecule is CC(=O)Oc1cccc(OC2CCCNCC2C)c1. The van der Waals surface area contributed by atoms with Gasteiger partial charge in [0.2, 0.25) is 0 Å². The maximum absolute atomic E-state index is 10.9. The third-order valence-corrected chi connectivity index (χ3v) is 3.30. The molecular formula is C15H21NO3. The third kappa shape index (κ3) is 4.24. The predicted molar refractivity (Wildman–Crippen MR) is 73.4 cm³/mol. The minimum atomic E-state index is -0.316. The average Bonchev–Trinajstić information content (AvgIpc) is 2.55. The molecule has 0 amide bonds. The maximum atomic E-state index is 10.9. The van der Waals surface area contributed by atoms with Crippen LogP contribution in [0.1, 0.15) is 26.7 Å². The Morgan fingerprint density at radius 1 is 1.37 bits per heavy atom. The standard InChI is InChI=1S/C15H21NO3/c1-11-10-16-8-4-7-15(11)19-14-6-3-5-13(9-14)18-12(2)17/h3,5-6,9,11,15-16H,4,7-8,10H2,1-2H3. The highest BCUT2D eigenvalue weighted by Crippen LogP contribution is 2.24. The molecule has 1 aromatic rings. The Labute approximate surface area is 114 Å². The number of ether oxygens (including phenoxy) is 2. The molecule has 4 heteroatoms. The minimum Gasteiger partial charge on any atom is -0.490 e. The molecule has 0 radical (unpaired) electrons. The zero-order valence-electron chi connectivity index (χ0n) is 11.5. The summed E-state index contributed by atoms with van der Waals surface area (Å²) in [6.07, 6.45) is 2.38. The van der Waals surface area contributed by atoms with E-state index < -0.39 is 0 Å². The molecule has 0 bridgehead atoms. The first-order valence-electron chi connectivity index (χ1n) is 6.81. The fourth-order valence-electron chi connectivity index (χ4n) is 2.30. The fourth-order valence-corrected chi connectivity index (χ4v) is 2.30. The molecule has 104 valence electrons. The van der Waals surface area contributed by atoms with E-state index in [-0.39, 0.29) is 12.1 Å². The fraction of sp³-hybridized carbons (Fsp3) is 0.533. The first-order valence-corrected chi connectivity index (χ1v) is 6.81. The van der Waals surface area contributed by atoms with E-state index in [0.717, 1.165) is 31.7 Å². The number of carbonyl (C=O) groups excluding carboxylic acids is 1. The number of nitrogens with one attached hydrogen (secondary N) is 1. The summed E-state index contributed by atoms with van der Waals surface area (Å²) < 4.78 is 11.1. The third-order valence-electron chi connectivity index (χ3n) is 3.30. The first kappa shape index (κ1) is 13.9. The van der Waals surface area contributed by atoms with Crippen molar-refractivity contribution in [2.45, 2.75) is 32.8 Å². The van der Waals surface area contributed by atoms with Gasteiger partial charge in [-0.05, 0) is 31.5 Å². The van der Waals surface area contributed by atoms with Crippen LogP contribution >= 0.6 is 0 Å². The van der Waals surface area contributed by atoms with Gasteiger partial charge in [0.1, 0.15) is 17.6 Å². The number of hydrogen-bond donors (Lipinski definition) is 1. The minimum absolute atomic E-state index is 0.211. The van der Waals surface area contributed by atoms with Crippen LogP contribution in [0.2, 0.25) is 0 Å². The molecule has 1 fully saturated rings. The predicted octanol–water partition coefficient (Wildman–Crippen LogP) is 2.38. The summed E-state index contributed by atoms with van der Waals surface area (Å²) in [6, 6.07) is 7.27. The van der Waals surface area contributed by atoms with E-state index >= 15 is 0 Å². The van der Waals surface area contributed by atoms with Crippen molar-refractivity contribution in [3.63, 3.8) is 0 Å². The molecule has 2 atom stereocenters. The van der Waals surface area contributed by atoms with Crippen LogP contribution < -0.4 is 14.8 Å². The van der Waals surface area contributed by atoms with Gasteiger partial charge in [0.25, 0.3) is 0 Å². The number of benzene rings is 1. The Hall–Kier alpha value is -1.55. The molecule has 1 N–H and O–H groups in total. The quantitative estimate of drug-likeness (QED) is 0.672. The Morgan fingerprint density at radius 3 is 2.95 bits per heavy atom. The van der Waals surface area contributed by atoms with Crippen molar-refractivity contribution in [1.29, 1.82) is 0 Å². The van der Waals surface area contributed by atoms with Crippen molar-refractivity contribution in [2.24, 2.45) is 5.92 Å². The van der Waals surface area contributed by atoms with Crippen LogP contribution in [0.3, 0.4) is 0 Å². The van der Waals surface area contributed by atoms with Crippen LogP contribution in [-0.4, -0.2) is 25.2 Å². The van der Waals surface area contributed by atoms with Gasteiger partial charge in [-0.3, -0.25) is 4.79 Å². The van der Waals surface area contributed by atoms with Crippen molar-refractivity contribution in [2.75, 3.05) is 13.1 Å². The van der Waals surface area contributed by atoms with Gasteiger partial charge in [0.15, 0.2) is 0 Å². The van der Waals surface area contributed by atoms with Crippen molar-refractivity contribution in [3.05, 3.63) is 24.3 Å². The van der Waals surface area contributed by atoms with Gasteiger partial charge in [-0.25, -0.2) is 0 Å². The summed E-state index contributed by atoms with van der Waals surface area (Å²) >= 11 is 0. The van der Waals surface area contributed by atoms with Gasteiger partial charge < -0.3 is 14.8 Å². The number of esters is 1. The van der Waals surface area contributed by atoms with Crippen LogP contribution in [0.15, 0.2) is 24.3 Å². The van der Waals surface area contributed by atoms with Crippen molar-refractivity contribution in [1.82, 2.24) is 5.32 Å². The summed E-state index contributed by atoms with van der Waals surface area (Å²) in [4.78, 5) is 10.9. The van der Waals surface area contributed by atoms with Crippen LogP contribution in [-0.2, 0) is 4.79 Å². The van der Waals surface area contributed by atoms with E-state index in [2.05, 4.69) is 12.2 Å². The number of hydrogen-bond acceptors (Lipinski definition) is 4. The highest BCUT2D eigenvalue weighted by molar-refractivity contribution is 5.69. The van der Waals surface area contributed by atoms with Gasteiger partial charge in [0, 0.05) is 25.5 Å². The van der Waals surface area contributed by atoms with Gasteiger partial charge in [-0.2, -0.15) is 0 Å². The molecule has 0 saturated carbocycles. The summed E-state index contributed by atoms with van der Waals surface area (Å²) in [7, 11) is 0. The summed E-state index contributed by atoms with van der Waals surface area (Å²) in [5.41, 5.74) is 0. The molecule has 1 aliphatic heterocycles. The molecule has 2 rings (SSSR count). The molecule has 0 spiro atoms. The molecule has 4 nitrogen and oxygen atoms in total. The van der Waals surface area contributed by atoms with E-state index in [1.54, 1.807) is 12.1 Å². The zero-order chi connectivity index (χ0) is 13.7. The lowest BCUT2D eigenvalue weighted by Gasteiger charge is -2.23. The Morgan fingerprint density at radius 2 is 2.16 bits per heavy atom. The van der Waals surface area contributed by atoms with Gasteiger partial charge in [-0.15, -0.1) is 0 Å². The molecule has 19 heavy (non-hydrogen) atoms. The molecular weight excluding hydrogens is 242 g/mol. The van der Waals surface area contributed by atoms with Crippen LogP contribution in [0.4, 0.5) is 0 Å². The largest absolute Gasteiger partial charge is 0.490 e. The lowest BCUT2D eigenvalue weighted by atomic mass is 10.0. The van der Waals surface area contributed by atoms with E-state index in [9.17, 15) is 4.79 Å². The van der Waals surface area contributed by atoms with E-state index in [1.807, 2.05) is 12.1 Å². The summed E-state index contributed by atoms with van der Waals surface area (Å²) in [5.74, 6) is 1.45. The van der Waals surface area contributed by atoms with Crippen molar-refractivity contribution < 1.29 is 14.3 Å². The number of rotatable bonds is 3. The smallest absolute Gasteiger partial charge is 0.308 e. The van der Waals surface area contributed by atoms with Gasteiger partial charge in [-0.1, -0.05) is 13.0 Å². The van der Waals surface area contributed by atoms with Crippen LogP contribution in [0.5, 0.6) is 11.5 Å².